The van der Waals surface area contributed by atoms with Crippen LogP contribution in [0.4, 0.5) is 0 Å². The van der Waals surface area contributed by atoms with Crippen LogP contribution in [0.5, 0.6) is 0 Å². The van der Waals surface area contributed by atoms with Gasteiger partial charge in [0.25, 0.3) is 0 Å². The number of thiophene rings is 1. The molecule has 2 aromatic heterocycles. The predicted molar refractivity (Wildman–Crippen MR) is 80.6 cm³/mol. The summed E-state index contributed by atoms with van der Waals surface area (Å²) in [6.07, 6.45) is 6.70. The van der Waals surface area contributed by atoms with Gasteiger partial charge in [-0.1, -0.05) is 31.3 Å². The maximum absolute atomic E-state index is 5.41. The maximum Gasteiger partial charge on any atom is 0.241 e. The van der Waals surface area contributed by atoms with Crippen LogP contribution < -0.4 is 0 Å². The van der Waals surface area contributed by atoms with Crippen molar-refractivity contribution in [1.29, 1.82) is 0 Å². The van der Waals surface area contributed by atoms with Crippen LogP contribution in [0.15, 0.2) is 21.3 Å². The van der Waals surface area contributed by atoms with E-state index < -0.39 is 0 Å². The number of hydrogen-bond acceptors (Lipinski definition) is 5. The van der Waals surface area contributed by atoms with Gasteiger partial charge in [-0.2, -0.15) is 16.3 Å². The molecule has 0 aromatic carbocycles. The van der Waals surface area contributed by atoms with E-state index in [2.05, 4.69) is 22.0 Å². The third-order valence-electron chi connectivity index (χ3n) is 4.08. The second-order valence-electron chi connectivity index (χ2n) is 5.38. The molecule has 2 aromatic rings. The molecule has 2 heterocycles. The van der Waals surface area contributed by atoms with Crippen molar-refractivity contribution in [3.8, 4) is 11.4 Å². The fourth-order valence-electron chi connectivity index (χ4n) is 2.95. The summed E-state index contributed by atoms with van der Waals surface area (Å²) in [6, 6.07) is 2.71. The molecule has 0 saturated heterocycles. The number of aromatic nitrogens is 2. The van der Waals surface area contributed by atoms with Crippen LogP contribution >= 0.6 is 11.3 Å². The lowest BCUT2D eigenvalue weighted by Crippen LogP contribution is -2.36. The monoisotopic (exact) mass is 291 g/mol. The molecule has 0 unspecified atom stereocenters. The molecule has 1 aliphatic rings. The van der Waals surface area contributed by atoms with Crippen molar-refractivity contribution in [3.05, 3.63) is 22.7 Å². The molecule has 1 aliphatic carbocycles. The van der Waals surface area contributed by atoms with Crippen LogP contribution in [-0.4, -0.2) is 27.6 Å². The molecular weight excluding hydrogens is 270 g/mol. The highest BCUT2D eigenvalue weighted by molar-refractivity contribution is 7.08. The largest absolute Gasteiger partial charge is 0.338 e. The van der Waals surface area contributed by atoms with E-state index in [1.165, 1.54) is 32.1 Å². The number of rotatable bonds is 5. The van der Waals surface area contributed by atoms with Gasteiger partial charge in [0.05, 0.1) is 6.54 Å². The Hall–Kier alpha value is -1.20. The molecule has 1 fully saturated rings. The van der Waals surface area contributed by atoms with Crippen molar-refractivity contribution in [2.75, 3.05) is 6.54 Å². The zero-order valence-electron chi connectivity index (χ0n) is 11.9. The number of hydrogen-bond donors (Lipinski definition) is 0. The van der Waals surface area contributed by atoms with E-state index in [-0.39, 0.29) is 0 Å². The first-order valence-electron chi connectivity index (χ1n) is 7.46. The lowest BCUT2D eigenvalue weighted by Gasteiger charge is -2.32. The quantitative estimate of drug-likeness (QED) is 0.836. The Balaban J connectivity index is 1.66. The van der Waals surface area contributed by atoms with Crippen LogP contribution in [0.1, 0.15) is 44.9 Å². The molecule has 0 aliphatic heterocycles. The molecule has 0 atom stereocenters. The summed E-state index contributed by atoms with van der Waals surface area (Å²) in [6.45, 7) is 4.03. The molecule has 20 heavy (non-hydrogen) atoms. The third-order valence-corrected chi connectivity index (χ3v) is 4.77. The Morgan fingerprint density at radius 3 is 2.90 bits per heavy atom. The fraction of sp³-hybridized carbons (Fsp3) is 0.600. The molecule has 1 saturated carbocycles. The summed E-state index contributed by atoms with van der Waals surface area (Å²) in [7, 11) is 0. The zero-order valence-corrected chi connectivity index (χ0v) is 12.7. The lowest BCUT2D eigenvalue weighted by atomic mass is 9.94. The van der Waals surface area contributed by atoms with Gasteiger partial charge in [-0.05, 0) is 30.8 Å². The molecule has 0 N–H and O–H groups in total. The summed E-state index contributed by atoms with van der Waals surface area (Å²) in [4.78, 5) is 7.00. The Labute approximate surface area is 123 Å². The molecule has 3 rings (SSSR count). The highest BCUT2D eigenvalue weighted by Gasteiger charge is 2.22. The van der Waals surface area contributed by atoms with Crippen molar-refractivity contribution in [2.45, 2.75) is 51.6 Å². The number of nitrogens with zero attached hydrogens (tertiary/aromatic N) is 3. The summed E-state index contributed by atoms with van der Waals surface area (Å²) >= 11 is 1.65. The normalized spacial score (nSPS) is 16.9. The smallest absolute Gasteiger partial charge is 0.241 e. The minimum absolute atomic E-state index is 0.685. The fourth-order valence-corrected chi connectivity index (χ4v) is 3.58. The van der Waals surface area contributed by atoms with Crippen molar-refractivity contribution < 1.29 is 4.52 Å². The molecule has 0 bridgehead atoms. The van der Waals surface area contributed by atoms with Gasteiger partial charge in [-0.3, -0.25) is 4.90 Å². The summed E-state index contributed by atoms with van der Waals surface area (Å²) in [5, 5.41) is 8.17. The van der Waals surface area contributed by atoms with Gasteiger partial charge in [-0.25, -0.2) is 0 Å². The molecule has 4 nitrogen and oxygen atoms in total. The summed E-state index contributed by atoms with van der Waals surface area (Å²) < 4.78 is 5.41. The Bertz CT molecular complexity index is 517. The molecule has 0 spiro atoms. The van der Waals surface area contributed by atoms with Crippen LogP contribution in [0, 0.1) is 0 Å². The lowest BCUT2D eigenvalue weighted by molar-refractivity contribution is 0.139. The topological polar surface area (TPSA) is 42.2 Å². The van der Waals surface area contributed by atoms with E-state index in [0.29, 0.717) is 11.9 Å². The van der Waals surface area contributed by atoms with Crippen LogP contribution in [0.25, 0.3) is 11.4 Å². The van der Waals surface area contributed by atoms with Crippen molar-refractivity contribution in [2.24, 2.45) is 0 Å². The summed E-state index contributed by atoms with van der Waals surface area (Å²) in [5.41, 5.74) is 1.05. The highest BCUT2D eigenvalue weighted by atomic mass is 32.1. The average Bonchev–Trinajstić information content (AvgIpc) is 3.16. The third kappa shape index (κ3) is 3.10. The molecule has 0 radical (unpaired) electrons. The average molecular weight is 291 g/mol. The highest BCUT2D eigenvalue weighted by Crippen LogP contribution is 2.24. The minimum Gasteiger partial charge on any atom is -0.338 e. The minimum atomic E-state index is 0.685. The first kappa shape index (κ1) is 13.8. The predicted octanol–water partition coefficient (Wildman–Crippen LogP) is 3.95. The van der Waals surface area contributed by atoms with Crippen molar-refractivity contribution >= 4 is 11.3 Å². The Morgan fingerprint density at radius 1 is 1.35 bits per heavy atom. The van der Waals surface area contributed by atoms with E-state index in [9.17, 15) is 0 Å². The molecule has 108 valence electrons. The standard InChI is InChI=1S/C15H21N3OS/c1-2-18(13-6-4-3-5-7-13)10-14-16-15(17-19-14)12-8-9-20-11-12/h8-9,11,13H,2-7,10H2,1H3. The second-order valence-corrected chi connectivity index (χ2v) is 6.16. The molecule has 5 heteroatoms. The Kier molecular flexibility index (Phi) is 4.47. The van der Waals surface area contributed by atoms with Gasteiger partial charge in [0, 0.05) is 17.0 Å². The van der Waals surface area contributed by atoms with E-state index in [1.54, 1.807) is 11.3 Å². The Morgan fingerprint density at radius 2 is 2.20 bits per heavy atom. The van der Waals surface area contributed by atoms with Crippen molar-refractivity contribution in [1.82, 2.24) is 15.0 Å². The van der Waals surface area contributed by atoms with E-state index in [1.807, 2.05) is 16.8 Å². The van der Waals surface area contributed by atoms with Gasteiger partial charge >= 0.3 is 0 Å². The van der Waals surface area contributed by atoms with Gasteiger partial charge < -0.3 is 4.52 Å². The van der Waals surface area contributed by atoms with Gasteiger partial charge in [0.15, 0.2) is 0 Å². The van der Waals surface area contributed by atoms with Crippen LogP contribution in [-0.2, 0) is 6.54 Å². The first-order chi connectivity index (χ1) is 9.86. The van der Waals surface area contributed by atoms with Gasteiger partial charge in [-0.15, -0.1) is 0 Å². The van der Waals surface area contributed by atoms with Crippen molar-refractivity contribution in [3.63, 3.8) is 0 Å². The van der Waals surface area contributed by atoms with Crippen LogP contribution in [0.2, 0.25) is 0 Å². The summed E-state index contributed by atoms with van der Waals surface area (Å²) in [5.74, 6) is 1.44. The second kappa shape index (κ2) is 6.50. The van der Waals surface area contributed by atoms with Gasteiger partial charge in [0.2, 0.25) is 11.7 Å². The molecule has 0 amide bonds. The van der Waals surface area contributed by atoms with E-state index in [0.717, 1.165) is 24.5 Å². The first-order valence-corrected chi connectivity index (χ1v) is 8.40. The molecular formula is C15H21N3OS. The zero-order chi connectivity index (χ0) is 13.8. The van der Waals surface area contributed by atoms with E-state index in [4.69, 9.17) is 4.52 Å². The van der Waals surface area contributed by atoms with Crippen LogP contribution in [0.3, 0.4) is 0 Å². The maximum atomic E-state index is 5.41. The van der Waals surface area contributed by atoms with Gasteiger partial charge in [0.1, 0.15) is 0 Å². The van der Waals surface area contributed by atoms with E-state index >= 15 is 0 Å². The SMILES string of the molecule is CCN(Cc1nc(-c2ccsc2)no1)C1CCCCC1.